The molecule has 5 heteroatoms. The molecule has 26 heavy (non-hydrogen) atoms. The van der Waals surface area contributed by atoms with Crippen molar-refractivity contribution in [1.29, 1.82) is 0 Å². The molecular weight excluding hydrogens is 346 g/mol. The molecule has 0 aliphatic carbocycles. The Morgan fingerprint density at radius 1 is 1.00 bits per heavy atom. The summed E-state index contributed by atoms with van der Waals surface area (Å²) in [5.41, 5.74) is 2.44. The maximum absolute atomic E-state index is 13.3. The number of allylic oxidation sites excluding steroid dienone is 1. The standard InChI is InChI=1S/C21H23NO3S/c1-16-9-11-19(12-10-16)26(23,24)22-14-6-13-21(22)15-20(17(2)25-21)18-7-4-3-5-8-18/h3-5,7-12H,6,13-15H2,1-2H3/t21-/m1/s1. The van der Waals surface area contributed by atoms with Gasteiger partial charge in [-0.3, -0.25) is 0 Å². The summed E-state index contributed by atoms with van der Waals surface area (Å²) in [5, 5.41) is 0. The van der Waals surface area contributed by atoms with E-state index in [9.17, 15) is 8.42 Å². The number of ether oxygens (including phenoxy) is 1. The van der Waals surface area contributed by atoms with E-state index in [4.69, 9.17) is 4.74 Å². The first-order valence-corrected chi connectivity index (χ1v) is 10.4. The average molecular weight is 369 g/mol. The zero-order valence-electron chi connectivity index (χ0n) is 15.1. The van der Waals surface area contributed by atoms with Crippen LogP contribution < -0.4 is 0 Å². The molecule has 4 nitrogen and oxygen atoms in total. The molecule has 0 unspecified atom stereocenters. The molecule has 0 amide bonds. The van der Waals surface area contributed by atoms with Crippen LogP contribution in [0, 0.1) is 6.92 Å². The monoisotopic (exact) mass is 369 g/mol. The summed E-state index contributed by atoms with van der Waals surface area (Å²) in [4.78, 5) is 0.332. The third-order valence-electron chi connectivity index (χ3n) is 5.34. The van der Waals surface area contributed by atoms with E-state index in [0.29, 0.717) is 24.3 Å². The van der Waals surface area contributed by atoms with Crippen LogP contribution in [0.5, 0.6) is 0 Å². The molecule has 0 bridgehead atoms. The quantitative estimate of drug-likeness (QED) is 0.809. The summed E-state index contributed by atoms with van der Waals surface area (Å²) in [7, 11) is -3.59. The highest BCUT2D eigenvalue weighted by Crippen LogP contribution is 2.48. The van der Waals surface area contributed by atoms with E-state index in [1.807, 2.05) is 44.2 Å². The van der Waals surface area contributed by atoms with E-state index in [-0.39, 0.29) is 0 Å². The molecule has 2 aromatic carbocycles. The van der Waals surface area contributed by atoms with Gasteiger partial charge in [-0.25, -0.2) is 8.42 Å². The highest BCUT2D eigenvalue weighted by atomic mass is 32.2. The number of rotatable bonds is 3. The van der Waals surface area contributed by atoms with Gasteiger partial charge in [0.15, 0.2) is 5.72 Å². The van der Waals surface area contributed by atoms with Gasteiger partial charge in [0, 0.05) is 25.0 Å². The summed E-state index contributed by atoms with van der Waals surface area (Å²) < 4.78 is 34.4. The number of sulfonamides is 1. The van der Waals surface area contributed by atoms with Gasteiger partial charge in [0.05, 0.1) is 10.7 Å². The first-order valence-electron chi connectivity index (χ1n) is 8.96. The van der Waals surface area contributed by atoms with Crippen molar-refractivity contribution >= 4 is 15.6 Å². The smallest absolute Gasteiger partial charge is 0.246 e. The number of nitrogens with zero attached hydrogens (tertiary/aromatic N) is 1. The van der Waals surface area contributed by atoms with Gasteiger partial charge >= 0.3 is 0 Å². The van der Waals surface area contributed by atoms with Crippen molar-refractivity contribution in [1.82, 2.24) is 4.31 Å². The fourth-order valence-corrected chi connectivity index (χ4v) is 5.75. The summed E-state index contributed by atoms with van der Waals surface area (Å²) in [5.74, 6) is 0.821. The number of aryl methyl sites for hydroxylation is 1. The van der Waals surface area contributed by atoms with E-state index < -0.39 is 15.7 Å². The summed E-state index contributed by atoms with van der Waals surface area (Å²) >= 11 is 0. The Morgan fingerprint density at radius 2 is 1.69 bits per heavy atom. The molecule has 0 saturated carbocycles. The first kappa shape index (κ1) is 17.3. The number of hydrogen-bond acceptors (Lipinski definition) is 3. The van der Waals surface area contributed by atoms with Gasteiger partial charge in [0.25, 0.3) is 0 Å². The second-order valence-electron chi connectivity index (χ2n) is 7.12. The normalized spacial score (nSPS) is 23.6. The van der Waals surface area contributed by atoms with Gasteiger partial charge in [-0.2, -0.15) is 4.31 Å². The second kappa shape index (κ2) is 6.25. The Morgan fingerprint density at radius 3 is 2.38 bits per heavy atom. The fraction of sp³-hybridized carbons (Fsp3) is 0.333. The van der Waals surface area contributed by atoms with Crippen molar-refractivity contribution in [2.75, 3.05) is 6.54 Å². The van der Waals surface area contributed by atoms with E-state index in [0.717, 1.165) is 28.9 Å². The van der Waals surface area contributed by atoms with Gasteiger partial charge < -0.3 is 4.74 Å². The Bertz CT molecular complexity index is 949. The average Bonchev–Trinajstić information content (AvgIpc) is 3.20. The van der Waals surface area contributed by atoms with Crippen molar-refractivity contribution < 1.29 is 13.2 Å². The summed E-state index contributed by atoms with van der Waals surface area (Å²) in [6.07, 6.45) is 2.11. The van der Waals surface area contributed by atoms with Crippen LogP contribution in [-0.2, 0) is 14.8 Å². The van der Waals surface area contributed by atoms with Crippen molar-refractivity contribution in [3.63, 3.8) is 0 Å². The molecule has 0 radical (unpaired) electrons. The van der Waals surface area contributed by atoms with E-state index in [2.05, 4.69) is 12.1 Å². The molecule has 4 rings (SSSR count). The SMILES string of the molecule is CC1=C(c2ccccc2)C[C@@]2(CCCN2S(=O)(=O)c2ccc(C)cc2)O1. The van der Waals surface area contributed by atoms with Crippen LogP contribution in [0.2, 0.25) is 0 Å². The zero-order valence-corrected chi connectivity index (χ0v) is 15.9. The summed E-state index contributed by atoms with van der Waals surface area (Å²) in [6, 6.07) is 17.1. The molecule has 2 aromatic rings. The van der Waals surface area contributed by atoms with Crippen LogP contribution in [0.15, 0.2) is 65.3 Å². The molecule has 1 saturated heterocycles. The van der Waals surface area contributed by atoms with Gasteiger partial charge in [-0.15, -0.1) is 0 Å². The van der Waals surface area contributed by atoms with Crippen molar-refractivity contribution in [2.45, 2.75) is 43.7 Å². The zero-order chi connectivity index (χ0) is 18.4. The fourth-order valence-electron chi connectivity index (χ4n) is 4.01. The molecule has 0 N–H and O–H groups in total. The van der Waals surface area contributed by atoms with E-state index >= 15 is 0 Å². The molecule has 2 aliphatic heterocycles. The third-order valence-corrected chi connectivity index (χ3v) is 7.30. The van der Waals surface area contributed by atoms with Crippen LogP contribution in [0.4, 0.5) is 0 Å². The first-order chi connectivity index (χ1) is 12.4. The van der Waals surface area contributed by atoms with Gasteiger partial charge in [0.2, 0.25) is 10.0 Å². The van der Waals surface area contributed by atoms with Gasteiger partial charge in [-0.1, -0.05) is 48.0 Å². The minimum absolute atomic E-state index is 0.332. The second-order valence-corrected chi connectivity index (χ2v) is 8.98. The Balaban J connectivity index is 1.69. The molecular formula is C21H23NO3S. The molecule has 1 atom stereocenters. The largest absolute Gasteiger partial charge is 0.476 e. The van der Waals surface area contributed by atoms with Crippen LogP contribution in [-0.4, -0.2) is 25.0 Å². The van der Waals surface area contributed by atoms with Gasteiger partial charge in [0.1, 0.15) is 0 Å². The minimum atomic E-state index is -3.59. The lowest BCUT2D eigenvalue weighted by atomic mass is 9.97. The molecule has 136 valence electrons. The van der Waals surface area contributed by atoms with Crippen molar-refractivity contribution in [2.24, 2.45) is 0 Å². The van der Waals surface area contributed by atoms with Crippen LogP contribution >= 0.6 is 0 Å². The molecule has 2 aliphatic rings. The lowest BCUT2D eigenvalue weighted by Gasteiger charge is -2.34. The maximum Gasteiger partial charge on any atom is 0.246 e. The van der Waals surface area contributed by atoms with Crippen molar-refractivity contribution in [3.8, 4) is 0 Å². The Kier molecular flexibility index (Phi) is 4.16. The highest BCUT2D eigenvalue weighted by molar-refractivity contribution is 7.89. The number of benzene rings is 2. The highest BCUT2D eigenvalue weighted by Gasteiger charge is 2.53. The van der Waals surface area contributed by atoms with E-state index in [1.54, 1.807) is 16.4 Å². The lowest BCUT2D eigenvalue weighted by Crippen LogP contribution is -2.47. The molecule has 0 aromatic heterocycles. The molecule has 1 fully saturated rings. The Hall–Kier alpha value is -2.11. The minimum Gasteiger partial charge on any atom is -0.476 e. The predicted molar refractivity (Wildman–Crippen MR) is 102 cm³/mol. The van der Waals surface area contributed by atoms with Crippen molar-refractivity contribution in [3.05, 3.63) is 71.5 Å². The molecule has 1 spiro atoms. The van der Waals surface area contributed by atoms with Crippen LogP contribution in [0.3, 0.4) is 0 Å². The topological polar surface area (TPSA) is 46.6 Å². The Labute approximate surface area is 155 Å². The predicted octanol–water partition coefficient (Wildman–Crippen LogP) is 4.33. The third kappa shape index (κ3) is 2.75. The van der Waals surface area contributed by atoms with E-state index in [1.165, 1.54) is 0 Å². The van der Waals surface area contributed by atoms with Crippen LogP contribution in [0.25, 0.3) is 5.57 Å². The molecule has 2 heterocycles. The maximum atomic E-state index is 13.3. The van der Waals surface area contributed by atoms with Crippen LogP contribution in [0.1, 0.15) is 37.3 Å². The lowest BCUT2D eigenvalue weighted by molar-refractivity contribution is -0.0408. The summed E-state index contributed by atoms with van der Waals surface area (Å²) in [6.45, 7) is 4.38. The van der Waals surface area contributed by atoms with Gasteiger partial charge in [-0.05, 0) is 38.0 Å². The number of hydrogen-bond donors (Lipinski definition) is 0.